The predicted molar refractivity (Wildman–Crippen MR) is 113 cm³/mol. The van der Waals surface area contributed by atoms with Crippen molar-refractivity contribution in [1.29, 1.82) is 0 Å². The van der Waals surface area contributed by atoms with E-state index in [0.29, 0.717) is 29.8 Å². The number of likely N-dealkylation sites (tertiary alicyclic amines) is 1. The Hall–Kier alpha value is -1.63. The third-order valence-corrected chi connectivity index (χ3v) is 6.81. The van der Waals surface area contributed by atoms with Crippen molar-refractivity contribution in [2.75, 3.05) is 13.1 Å². The van der Waals surface area contributed by atoms with Gasteiger partial charge in [-0.3, -0.25) is 4.79 Å². The van der Waals surface area contributed by atoms with Crippen molar-refractivity contribution in [2.45, 2.75) is 77.4 Å². The molecule has 1 aliphatic carbocycles. The van der Waals surface area contributed by atoms with E-state index in [2.05, 4.69) is 5.32 Å². The number of piperidine rings is 1. The minimum absolute atomic E-state index is 0.119. The first kappa shape index (κ1) is 22.1. The average Bonchev–Trinajstić information content (AvgIpc) is 3.32. The molecule has 0 spiro atoms. The van der Waals surface area contributed by atoms with Crippen molar-refractivity contribution in [1.82, 2.24) is 10.2 Å². The van der Waals surface area contributed by atoms with Gasteiger partial charge in [0.05, 0.1) is 4.88 Å². The Kier molecular flexibility index (Phi) is 7.19. The molecule has 1 aromatic rings. The number of halogens is 1. The van der Waals surface area contributed by atoms with E-state index in [1.807, 2.05) is 20.8 Å². The summed E-state index contributed by atoms with van der Waals surface area (Å²) >= 11 is 0.898. The average molecular weight is 425 g/mol. The van der Waals surface area contributed by atoms with Gasteiger partial charge in [-0.25, -0.2) is 4.79 Å². The lowest BCUT2D eigenvalue weighted by molar-refractivity contribution is 0.0176. The maximum absolute atomic E-state index is 13.3. The van der Waals surface area contributed by atoms with Crippen LogP contribution < -0.4 is 5.32 Å². The fraction of sp³-hybridized carbons (Fsp3) is 0.727. The van der Waals surface area contributed by atoms with Crippen LogP contribution in [0.15, 0.2) is 12.1 Å². The number of hydrogen-bond donors (Lipinski definition) is 1. The molecule has 1 saturated heterocycles. The lowest BCUT2D eigenvalue weighted by atomic mass is 9.84. The lowest BCUT2D eigenvalue weighted by Crippen LogP contribution is -2.44. The molecule has 3 rings (SSSR count). The van der Waals surface area contributed by atoms with Crippen molar-refractivity contribution >= 4 is 23.3 Å². The van der Waals surface area contributed by atoms with Gasteiger partial charge in [0.2, 0.25) is 0 Å². The number of thiophene rings is 1. The number of hydrogen-bond acceptors (Lipinski definition) is 4. The maximum Gasteiger partial charge on any atom is 0.410 e. The zero-order valence-electron chi connectivity index (χ0n) is 17.7. The minimum Gasteiger partial charge on any atom is -0.444 e. The Morgan fingerprint density at radius 1 is 1.21 bits per heavy atom. The molecule has 0 aromatic carbocycles. The number of ether oxygens (including phenoxy) is 1. The van der Waals surface area contributed by atoms with E-state index >= 15 is 0 Å². The molecule has 29 heavy (non-hydrogen) atoms. The Morgan fingerprint density at radius 3 is 2.41 bits per heavy atom. The van der Waals surface area contributed by atoms with E-state index in [0.717, 1.165) is 43.4 Å². The zero-order valence-corrected chi connectivity index (χ0v) is 18.5. The molecule has 1 aliphatic heterocycles. The van der Waals surface area contributed by atoms with Gasteiger partial charge in [0.1, 0.15) is 5.60 Å². The highest BCUT2D eigenvalue weighted by molar-refractivity contribution is 7.12. The second-order valence-corrected chi connectivity index (χ2v) is 10.4. The molecular weight excluding hydrogens is 391 g/mol. The standard InChI is InChI=1S/C22H33FN2O3S/c1-22(2,3)28-21(27)25-12-10-15(11-13-25)14-17(16-6-4-5-7-16)24-20(26)18-8-9-19(23)29-18/h8-9,15-17H,4-7,10-14H2,1-3H3,(H,24,26). The van der Waals surface area contributed by atoms with E-state index in [1.165, 1.54) is 18.9 Å². The van der Waals surface area contributed by atoms with Crippen LogP contribution in [0.3, 0.4) is 0 Å². The molecule has 2 aliphatic rings. The van der Waals surface area contributed by atoms with Crippen LogP contribution in [0.5, 0.6) is 0 Å². The van der Waals surface area contributed by atoms with Gasteiger partial charge >= 0.3 is 6.09 Å². The van der Waals surface area contributed by atoms with Crippen LogP contribution in [0.1, 0.15) is 75.4 Å². The fourth-order valence-corrected chi connectivity index (χ4v) is 5.08. The summed E-state index contributed by atoms with van der Waals surface area (Å²) in [4.78, 5) is 27.1. The number of carbonyl (C=O) groups is 2. The highest BCUT2D eigenvalue weighted by Gasteiger charge is 2.32. The second-order valence-electron chi connectivity index (χ2n) is 9.37. The fourth-order valence-electron chi connectivity index (χ4n) is 4.44. The summed E-state index contributed by atoms with van der Waals surface area (Å²) in [6.45, 7) is 7.03. The van der Waals surface area contributed by atoms with E-state index in [9.17, 15) is 14.0 Å². The highest BCUT2D eigenvalue weighted by atomic mass is 32.1. The molecule has 5 nitrogen and oxygen atoms in total. The third kappa shape index (κ3) is 6.43. The van der Waals surface area contributed by atoms with E-state index in [-0.39, 0.29) is 23.2 Å². The first-order valence-corrected chi connectivity index (χ1v) is 11.6. The maximum atomic E-state index is 13.3. The SMILES string of the molecule is CC(C)(C)OC(=O)N1CCC(CC(NC(=O)c2ccc(F)s2)C2CCCC2)CC1. The largest absolute Gasteiger partial charge is 0.444 e. The van der Waals surface area contributed by atoms with Crippen LogP contribution in [0.4, 0.5) is 9.18 Å². The quantitative estimate of drug-likeness (QED) is 0.706. The van der Waals surface area contributed by atoms with Gasteiger partial charge in [-0.1, -0.05) is 12.8 Å². The van der Waals surface area contributed by atoms with Crippen LogP contribution in [0, 0.1) is 17.0 Å². The van der Waals surface area contributed by atoms with Gasteiger partial charge in [-0.05, 0) is 76.8 Å². The second kappa shape index (κ2) is 9.45. The first-order valence-electron chi connectivity index (χ1n) is 10.8. The smallest absolute Gasteiger partial charge is 0.410 e. The molecule has 162 valence electrons. The Bertz CT molecular complexity index is 701. The summed E-state index contributed by atoms with van der Waals surface area (Å²) in [7, 11) is 0. The molecule has 0 radical (unpaired) electrons. The number of amides is 2. The van der Waals surface area contributed by atoms with Crippen LogP contribution in [-0.4, -0.2) is 41.6 Å². The normalized spacial score (nSPS) is 19.9. The molecule has 2 fully saturated rings. The summed E-state index contributed by atoms with van der Waals surface area (Å²) in [5.41, 5.74) is -0.479. The number of nitrogens with zero attached hydrogens (tertiary/aromatic N) is 1. The molecule has 1 N–H and O–H groups in total. The van der Waals surface area contributed by atoms with Crippen molar-refractivity contribution in [3.63, 3.8) is 0 Å². The van der Waals surface area contributed by atoms with Crippen LogP contribution in [0.25, 0.3) is 0 Å². The lowest BCUT2D eigenvalue weighted by Gasteiger charge is -2.36. The van der Waals surface area contributed by atoms with Crippen molar-refractivity contribution in [3.8, 4) is 0 Å². The number of nitrogens with one attached hydrogen (secondary N) is 1. The van der Waals surface area contributed by atoms with Gasteiger partial charge in [-0.2, -0.15) is 4.39 Å². The number of rotatable bonds is 5. The molecule has 0 bridgehead atoms. The zero-order chi connectivity index (χ0) is 21.0. The molecular formula is C22H33FN2O3S. The molecule has 1 atom stereocenters. The van der Waals surface area contributed by atoms with Gasteiger partial charge < -0.3 is 15.0 Å². The van der Waals surface area contributed by atoms with Crippen LogP contribution in [-0.2, 0) is 4.74 Å². The summed E-state index contributed by atoms with van der Waals surface area (Å²) in [5, 5.41) is 2.87. The Morgan fingerprint density at radius 2 is 1.86 bits per heavy atom. The molecule has 2 amide bonds. The molecule has 1 unspecified atom stereocenters. The minimum atomic E-state index is -0.479. The molecule has 2 heterocycles. The molecule has 7 heteroatoms. The topological polar surface area (TPSA) is 58.6 Å². The van der Waals surface area contributed by atoms with E-state index < -0.39 is 5.60 Å². The van der Waals surface area contributed by atoms with Crippen LogP contribution >= 0.6 is 11.3 Å². The monoisotopic (exact) mass is 424 g/mol. The third-order valence-electron chi connectivity index (χ3n) is 5.94. The van der Waals surface area contributed by atoms with Crippen molar-refractivity contribution < 1.29 is 18.7 Å². The summed E-state index contributed by atoms with van der Waals surface area (Å²) in [6, 6.07) is 3.02. The van der Waals surface area contributed by atoms with Gasteiger partial charge in [0.15, 0.2) is 5.13 Å². The number of carbonyl (C=O) groups excluding carboxylic acids is 2. The van der Waals surface area contributed by atoms with Gasteiger partial charge in [0.25, 0.3) is 5.91 Å². The van der Waals surface area contributed by atoms with Crippen molar-refractivity contribution in [3.05, 3.63) is 22.1 Å². The van der Waals surface area contributed by atoms with Gasteiger partial charge in [0, 0.05) is 19.1 Å². The Labute approximate surface area is 177 Å². The summed E-state index contributed by atoms with van der Waals surface area (Å²) in [5.74, 6) is 0.800. The predicted octanol–water partition coefficient (Wildman–Crippen LogP) is 5.21. The van der Waals surface area contributed by atoms with E-state index in [1.54, 1.807) is 11.0 Å². The van der Waals surface area contributed by atoms with Crippen LogP contribution in [0.2, 0.25) is 0 Å². The van der Waals surface area contributed by atoms with Gasteiger partial charge in [-0.15, -0.1) is 11.3 Å². The Balaban J connectivity index is 1.55. The summed E-state index contributed by atoms with van der Waals surface area (Å²) in [6.07, 6.45) is 7.23. The van der Waals surface area contributed by atoms with Crippen molar-refractivity contribution in [2.24, 2.45) is 11.8 Å². The highest BCUT2D eigenvalue weighted by Crippen LogP contribution is 2.33. The first-order chi connectivity index (χ1) is 13.7. The molecule has 1 aromatic heterocycles. The summed E-state index contributed by atoms with van der Waals surface area (Å²) < 4.78 is 18.8. The molecule has 1 saturated carbocycles. The van der Waals surface area contributed by atoms with E-state index in [4.69, 9.17) is 4.74 Å².